The van der Waals surface area contributed by atoms with Crippen molar-refractivity contribution in [3.63, 3.8) is 0 Å². The summed E-state index contributed by atoms with van der Waals surface area (Å²) in [7, 11) is 3.12. The minimum Gasteiger partial charge on any atom is -0.497 e. The number of hydrogen-bond donors (Lipinski definition) is 1. The van der Waals surface area contributed by atoms with E-state index in [-0.39, 0.29) is 5.91 Å². The van der Waals surface area contributed by atoms with Gasteiger partial charge in [0.05, 0.1) is 14.2 Å². The number of methoxy groups -OCH3 is 2. The second-order valence-electron chi connectivity index (χ2n) is 5.11. The van der Waals surface area contributed by atoms with Crippen LogP contribution < -0.4 is 14.8 Å². The summed E-state index contributed by atoms with van der Waals surface area (Å²) in [4.78, 5) is 12.5. The molecular weight excluding hydrogens is 294 g/mol. The Morgan fingerprint density at radius 3 is 2.30 bits per heavy atom. The summed E-state index contributed by atoms with van der Waals surface area (Å²) in [6.07, 6.45) is 0. The topological polar surface area (TPSA) is 60.7 Å². The number of amides is 1. The molecule has 2 aromatic carbocycles. The standard InChI is InChI=1S/C18H17NO4/c1-11-15-6-4-5-7-16(15)23-17(11)18(20)19-12-8-13(21-2)10-14(9-12)22-3/h4-10H,1-3H3,(H,19,20). The number of carbonyl (C=O) groups is 1. The number of hydrogen-bond acceptors (Lipinski definition) is 4. The third-order valence-electron chi connectivity index (χ3n) is 3.66. The van der Waals surface area contributed by atoms with Crippen LogP contribution in [-0.4, -0.2) is 20.1 Å². The molecule has 0 atom stereocenters. The zero-order valence-corrected chi connectivity index (χ0v) is 13.2. The van der Waals surface area contributed by atoms with E-state index in [0.717, 1.165) is 10.9 Å². The maximum atomic E-state index is 12.5. The molecule has 1 aromatic heterocycles. The van der Waals surface area contributed by atoms with Crippen LogP contribution in [0.25, 0.3) is 11.0 Å². The summed E-state index contributed by atoms with van der Waals surface area (Å²) in [6, 6.07) is 12.7. The lowest BCUT2D eigenvalue weighted by molar-refractivity contribution is 0.0998. The molecule has 0 aliphatic heterocycles. The van der Waals surface area contributed by atoms with Crippen molar-refractivity contribution in [3.8, 4) is 11.5 Å². The summed E-state index contributed by atoms with van der Waals surface area (Å²) in [5.41, 5.74) is 2.08. The quantitative estimate of drug-likeness (QED) is 0.791. The number of aryl methyl sites for hydroxylation is 1. The van der Waals surface area contributed by atoms with Crippen molar-refractivity contribution in [1.29, 1.82) is 0 Å². The van der Waals surface area contributed by atoms with E-state index < -0.39 is 0 Å². The third kappa shape index (κ3) is 2.85. The molecule has 0 saturated carbocycles. The summed E-state index contributed by atoms with van der Waals surface area (Å²) >= 11 is 0. The van der Waals surface area contributed by atoms with Crippen LogP contribution in [0.4, 0.5) is 5.69 Å². The summed E-state index contributed by atoms with van der Waals surface area (Å²) in [5, 5.41) is 3.75. The van der Waals surface area contributed by atoms with Crippen molar-refractivity contribution >= 4 is 22.6 Å². The van der Waals surface area contributed by atoms with Crippen LogP contribution in [0.5, 0.6) is 11.5 Å². The van der Waals surface area contributed by atoms with Crippen LogP contribution >= 0.6 is 0 Å². The van der Waals surface area contributed by atoms with Crippen molar-refractivity contribution in [2.45, 2.75) is 6.92 Å². The van der Waals surface area contributed by atoms with E-state index in [4.69, 9.17) is 13.9 Å². The molecule has 5 nitrogen and oxygen atoms in total. The normalized spacial score (nSPS) is 10.6. The molecule has 0 fully saturated rings. The molecule has 0 saturated heterocycles. The number of para-hydroxylation sites is 1. The fourth-order valence-corrected chi connectivity index (χ4v) is 2.46. The molecule has 5 heteroatoms. The molecule has 23 heavy (non-hydrogen) atoms. The molecule has 1 amide bonds. The van der Waals surface area contributed by atoms with Gasteiger partial charge in [-0.15, -0.1) is 0 Å². The Morgan fingerprint density at radius 1 is 1.04 bits per heavy atom. The van der Waals surface area contributed by atoms with Crippen LogP contribution in [0.2, 0.25) is 0 Å². The Kier molecular flexibility index (Phi) is 3.93. The lowest BCUT2D eigenvalue weighted by Gasteiger charge is -2.09. The van der Waals surface area contributed by atoms with Gasteiger partial charge in [0.1, 0.15) is 17.1 Å². The Labute approximate surface area is 133 Å². The highest BCUT2D eigenvalue weighted by Gasteiger charge is 2.18. The van der Waals surface area contributed by atoms with Gasteiger partial charge in [-0.1, -0.05) is 18.2 Å². The van der Waals surface area contributed by atoms with Crippen molar-refractivity contribution < 1.29 is 18.7 Å². The molecule has 0 aliphatic carbocycles. The molecule has 0 aliphatic rings. The molecule has 0 unspecified atom stereocenters. The summed E-state index contributed by atoms with van der Waals surface area (Å²) in [5.74, 6) is 1.18. The second-order valence-corrected chi connectivity index (χ2v) is 5.11. The minimum atomic E-state index is -0.311. The molecule has 3 rings (SSSR count). The zero-order chi connectivity index (χ0) is 16.4. The van der Waals surface area contributed by atoms with Crippen LogP contribution in [0, 0.1) is 6.92 Å². The average Bonchev–Trinajstić information content (AvgIpc) is 2.92. The first kappa shape index (κ1) is 15.0. The van der Waals surface area contributed by atoms with Crippen LogP contribution in [0.3, 0.4) is 0 Å². The number of furan rings is 1. The highest BCUT2D eigenvalue weighted by molar-refractivity contribution is 6.06. The number of anilines is 1. The SMILES string of the molecule is COc1cc(NC(=O)c2oc3ccccc3c2C)cc(OC)c1. The van der Waals surface area contributed by atoms with Gasteiger partial charge in [0, 0.05) is 34.8 Å². The first-order valence-electron chi connectivity index (χ1n) is 7.15. The highest BCUT2D eigenvalue weighted by Crippen LogP contribution is 2.28. The van der Waals surface area contributed by atoms with Crippen LogP contribution in [0.1, 0.15) is 16.1 Å². The maximum absolute atomic E-state index is 12.5. The number of ether oxygens (including phenoxy) is 2. The zero-order valence-electron chi connectivity index (χ0n) is 13.2. The highest BCUT2D eigenvalue weighted by atomic mass is 16.5. The van der Waals surface area contributed by atoms with Crippen molar-refractivity contribution in [2.24, 2.45) is 0 Å². The lowest BCUT2D eigenvalue weighted by atomic mass is 10.1. The van der Waals surface area contributed by atoms with Gasteiger partial charge in [-0.3, -0.25) is 4.79 Å². The smallest absolute Gasteiger partial charge is 0.291 e. The largest absolute Gasteiger partial charge is 0.497 e. The maximum Gasteiger partial charge on any atom is 0.291 e. The van der Waals surface area contributed by atoms with Gasteiger partial charge in [0.15, 0.2) is 5.76 Å². The first-order valence-corrected chi connectivity index (χ1v) is 7.15. The summed E-state index contributed by atoms with van der Waals surface area (Å²) in [6.45, 7) is 1.87. The average molecular weight is 311 g/mol. The molecule has 118 valence electrons. The van der Waals surface area contributed by atoms with Gasteiger partial charge in [0.2, 0.25) is 0 Å². The molecule has 1 N–H and O–H groups in total. The van der Waals surface area contributed by atoms with E-state index in [1.165, 1.54) is 0 Å². The molecule has 3 aromatic rings. The van der Waals surface area contributed by atoms with Gasteiger partial charge in [0.25, 0.3) is 5.91 Å². The third-order valence-corrected chi connectivity index (χ3v) is 3.66. The predicted molar refractivity (Wildman–Crippen MR) is 88.5 cm³/mol. The fourth-order valence-electron chi connectivity index (χ4n) is 2.46. The Bertz CT molecular complexity index is 844. The van der Waals surface area contributed by atoms with E-state index in [1.54, 1.807) is 32.4 Å². The van der Waals surface area contributed by atoms with Gasteiger partial charge in [-0.05, 0) is 13.0 Å². The number of carbonyl (C=O) groups excluding carboxylic acids is 1. The van der Waals surface area contributed by atoms with E-state index in [1.807, 2.05) is 31.2 Å². The van der Waals surface area contributed by atoms with Crippen molar-refractivity contribution in [2.75, 3.05) is 19.5 Å². The number of nitrogens with one attached hydrogen (secondary N) is 1. The summed E-state index contributed by atoms with van der Waals surface area (Å²) < 4.78 is 16.1. The van der Waals surface area contributed by atoms with Gasteiger partial charge in [-0.2, -0.15) is 0 Å². The first-order chi connectivity index (χ1) is 11.1. The van der Waals surface area contributed by atoms with Gasteiger partial charge >= 0.3 is 0 Å². The number of benzene rings is 2. The monoisotopic (exact) mass is 311 g/mol. The Hall–Kier alpha value is -2.95. The van der Waals surface area contributed by atoms with Crippen LogP contribution in [-0.2, 0) is 0 Å². The molecule has 1 heterocycles. The Morgan fingerprint density at radius 2 is 1.70 bits per heavy atom. The van der Waals surface area contributed by atoms with Crippen molar-refractivity contribution in [3.05, 3.63) is 53.8 Å². The lowest BCUT2D eigenvalue weighted by Crippen LogP contribution is -2.12. The van der Waals surface area contributed by atoms with E-state index in [2.05, 4.69) is 5.32 Å². The van der Waals surface area contributed by atoms with E-state index in [0.29, 0.717) is 28.5 Å². The molecular formula is C18H17NO4. The predicted octanol–water partition coefficient (Wildman–Crippen LogP) is 4.01. The Balaban J connectivity index is 1.93. The number of rotatable bonds is 4. The van der Waals surface area contributed by atoms with E-state index in [9.17, 15) is 4.79 Å². The minimum absolute atomic E-state index is 0.299. The molecule has 0 radical (unpaired) electrons. The second kappa shape index (κ2) is 6.04. The van der Waals surface area contributed by atoms with Gasteiger partial charge in [-0.25, -0.2) is 0 Å². The van der Waals surface area contributed by atoms with E-state index >= 15 is 0 Å². The van der Waals surface area contributed by atoms with Crippen LogP contribution in [0.15, 0.2) is 46.9 Å². The molecule has 0 bridgehead atoms. The number of fused-ring (bicyclic) bond motifs is 1. The molecule has 0 spiro atoms. The van der Waals surface area contributed by atoms with Crippen molar-refractivity contribution in [1.82, 2.24) is 0 Å². The fraction of sp³-hybridized carbons (Fsp3) is 0.167. The van der Waals surface area contributed by atoms with Gasteiger partial charge < -0.3 is 19.2 Å².